The Hall–Kier alpha value is -3.45. The van der Waals surface area contributed by atoms with Crippen molar-refractivity contribution >= 4 is 17.3 Å². The molecule has 5 rings (SSSR count). The Morgan fingerprint density at radius 1 is 0.933 bits per heavy atom. The third-order valence-corrected chi connectivity index (χ3v) is 5.68. The van der Waals surface area contributed by atoms with Crippen LogP contribution in [-0.2, 0) is 13.1 Å². The lowest BCUT2D eigenvalue weighted by atomic mass is 10.0. The number of rotatable bonds is 6. The van der Waals surface area contributed by atoms with Gasteiger partial charge in [0.1, 0.15) is 5.76 Å². The molecule has 2 unspecified atom stereocenters. The third kappa shape index (κ3) is 3.59. The van der Waals surface area contributed by atoms with E-state index in [0.29, 0.717) is 18.2 Å². The van der Waals surface area contributed by atoms with Crippen LogP contribution in [-0.4, -0.2) is 24.5 Å². The molecule has 30 heavy (non-hydrogen) atoms. The Kier molecular flexibility index (Phi) is 5.03. The van der Waals surface area contributed by atoms with Crippen LogP contribution in [0.2, 0.25) is 0 Å². The summed E-state index contributed by atoms with van der Waals surface area (Å²) in [6, 6.07) is 19.9. The summed E-state index contributed by atoms with van der Waals surface area (Å²) in [6.07, 6.45) is 7.41. The minimum atomic E-state index is -0.0623. The number of nitrogens with one attached hydrogen (secondary N) is 1. The third-order valence-electron chi connectivity index (χ3n) is 5.33. The molecule has 0 bridgehead atoms. The lowest BCUT2D eigenvalue weighted by Gasteiger charge is -2.28. The van der Waals surface area contributed by atoms with E-state index in [0.717, 1.165) is 22.8 Å². The first-order chi connectivity index (χ1) is 14.8. The second-order valence-corrected chi connectivity index (χ2v) is 7.60. The van der Waals surface area contributed by atoms with Gasteiger partial charge in [-0.2, -0.15) is 0 Å². The number of hydrogen-bond acceptors (Lipinski definition) is 4. The highest BCUT2D eigenvalue weighted by Gasteiger charge is 2.41. The summed E-state index contributed by atoms with van der Waals surface area (Å²) in [5, 5.41) is 4.20. The molecule has 0 spiro atoms. The average Bonchev–Trinajstić information content (AvgIpc) is 3.52. The SMILES string of the molecule is S=C1NC(c2ccccn2)C(c2cccn2Cc2ccco2)N1Cc1ccccn1. The molecule has 1 fully saturated rings. The first kappa shape index (κ1) is 18.6. The van der Waals surface area contributed by atoms with Gasteiger partial charge in [0.25, 0.3) is 0 Å². The largest absolute Gasteiger partial charge is 0.467 e. The van der Waals surface area contributed by atoms with Crippen LogP contribution in [0.25, 0.3) is 0 Å². The zero-order valence-electron chi connectivity index (χ0n) is 16.3. The molecule has 1 N–H and O–H groups in total. The maximum absolute atomic E-state index is 5.76. The first-order valence-electron chi connectivity index (χ1n) is 9.85. The molecule has 6 nitrogen and oxygen atoms in total. The number of thiocarbonyl (C=S) groups is 1. The summed E-state index contributed by atoms with van der Waals surface area (Å²) in [7, 11) is 0. The quantitative estimate of drug-likeness (QED) is 0.479. The van der Waals surface area contributed by atoms with Crippen LogP contribution in [0.1, 0.15) is 34.9 Å². The maximum atomic E-state index is 5.76. The molecule has 0 saturated carbocycles. The predicted octanol–water partition coefficient (Wildman–Crippen LogP) is 4.09. The van der Waals surface area contributed by atoms with Gasteiger partial charge in [-0.15, -0.1) is 0 Å². The van der Waals surface area contributed by atoms with Crippen molar-refractivity contribution < 1.29 is 4.42 Å². The summed E-state index contributed by atoms with van der Waals surface area (Å²) in [6.45, 7) is 1.28. The summed E-state index contributed by atoms with van der Waals surface area (Å²) in [4.78, 5) is 11.3. The van der Waals surface area contributed by atoms with Gasteiger partial charge < -0.3 is 19.2 Å². The highest BCUT2D eigenvalue weighted by molar-refractivity contribution is 7.80. The Labute approximate surface area is 180 Å². The van der Waals surface area contributed by atoms with Gasteiger partial charge in [0.05, 0.1) is 42.8 Å². The second kappa shape index (κ2) is 8.12. The molecule has 0 amide bonds. The molecule has 1 aliphatic heterocycles. The summed E-state index contributed by atoms with van der Waals surface area (Å²) < 4.78 is 7.79. The van der Waals surface area contributed by atoms with E-state index in [-0.39, 0.29) is 12.1 Å². The van der Waals surface area contributed by atoms with Crippen molar-refractivity contribution in [2.24, 2.45) is 0 Å². The van der Waals surface area contributed by atoms with E-state index in [1.54, 1.807) is 6.26 Å². The van der Waals surface area contributed by atoms with Crippen LogP contribution in [0.4, 0.5) is 0 Å². The van der Waals surface area contributed by atoms with E-state index < -0.39 is 0 Å². The van der Waals surface area contributed by atoms with Crippen LogP contribution in [0.5, 0.6) is 0 Å². The van der Waals surface area contributed by atoms with Gasteiger partial charge in [-0.3, -0.25) is 9.97 Å². The van der Waals surface area contributed by atoms with Gasteiger partial charge in [0.15, 0.2) is 5.11 Å². The summed E-state index contributed by atoms with van der Waals surface area (Å²) in [5.74, 6) is 0.909. The minimum absolute atomic E-state index is 0.0284. The van der Waals surface area contributed by atoms with Crippen LogP contribution in [0.15, 0.2) is 89.9 Å². The van der Waals surface area contributed by atoms with Crippen molar-refractivity contribution in [2.75, 3.05) is 0 Å². The molecular weight excluding hydrogens is 394 g/mol. The van der Waals surface area contributed by atoms with Crippen LogP contribution >= 0.6 is 12.2 Å². The molecule has 0 aliphatic carbocycles. The molecule has 0 radical (unpaired) electrons. The van der Waals surface area contributed by atoms with E-state index in [1.807, 2.05) is 60.9 Å². The molecule has 5 heterocycles. The van der Waals surface area contributed by atoms with Gasteiger partial charge in [0, 0.05) is 24.3 Å². The Morgan fingerprint density at radius 2 is 1.80 bits per heavy atom. The Morgan fingerprint density at radius 3 is 2.53 bits per heavy atom. The predicted molar refractivity (Wildman–Crippen MR) is 117 cm³/mol. The van der Waals surface area contributed by atoms with Gasteiger partial charge in [0.2, 0.25) is 0 Å². The van der Waals surface area contributed by atoms with Crippen molar-refractivity contribution in [1.29, 1.82) is 0 Å². The smallest absolute Gasteiger partial charge is 0.170 e. The molecule has 1 aliphatic rings. The zero-order valence-corrected chi connectivity index (χ0v) is 17.1. The van der Waals surface area contributed by atoms with Crippen molar-refractivity contribution in [2.45, 2.75) is 25.2 Å². The van der Waals surface area contributed by atoms with Crippen molar-refractivity contribution in [1.82, 2.24) is 24.8 Å². The van der Waals surface area contributed by atoms with E-state index in [2.05, 4.69) is 43.1 Å². The van der Waals surface area contributed by atoms with Crippen molar-refractivity contribution in [3.63, 3.8) is 0 Å². The molecule has 4 aromatic heterocycles. The molecule has 1 saturated heterocycles. The normalized spacial score (nSPS) is 18.5. The lowest BCUT2D eigenvalue weighted by Crippen LogP contribution is -2.30. The summed E-state index contributed by atoms with van der Waals surface area (Å²) in [5.41, 5.74) is 3.07. The van der Waals surface area contributed by atoms with E-state index >= 15 is 0 Å². The lowest BCUT2D eigenvalue weighted by molar-refractivity contribution is 0.294. The van der Waals surface area contributed by atoms with Gasteiger partial charge in [-0.25, -0.2) is 0 Å². The van der Waals surface area contributed by atoms with Gasteiger partial charge >= 0.3 is 0 Å². The van der Waals surface area contributed by atoms with Crippen molar-refractivity contribution in [3.8, 4) is 0 Å². The molecule has 150 valence electrons. The van der Waals surface area contributed by atoms with Gasteiger partial charge in [-0.05, 0) is 60.7 Å². The number of aromatic nitrogens is 3. The topological polar surface area (TPSA) is 59.1 Å². The number of hydrogen-bond donors (Lipinski definition) is 1. The zero-order chi connectivity index (χ0) is 20.3. The van der Waals surface area contributed by atoms with Crippen LogP contribution in [0.3, 0.4) is 0 Å². The number of pyridine rings is 2. The Balaban J connectivity index is 1.54. The van der Waals surface area contributed by atoms with E-state index in [1.165, 1.54) is 0 Å². The van der Waals surface area contributed by atoms with Crippen LogP contribution < -0.4 is 5.32 Å². The van der Waals surface area contributed by atoms with Crippen LogP contribution in [0, 0.1) is 0 Å². The second-order valence-electron chi connectivity index (χ2n) is 7.22. The fourth-order valence-corrected chi connectivity index (χ4v) is 4.28. The highest BCUT2D eigenvalue weighted by atomic mass is 32.1. The molecule has 0 aromatic carbocycles. The average molecular weight is 416 g/mol. The Bertz CT molecular complexity index is 1110. The molecule has 7 heteroatoms. The van der Waals surface area contributed by atoms with E-state index in [4.69, 9.17) is 16.6 Å². The fraction of sp³-hybridized carbons (Fsp3) is 0.174. The van der Waals surface area contributed by atoms with E-state index in [9.17, 15) is 0 Å². The number of nitrogens with zero attached hydrogens (tertiary/aromatic N) is 4. The van der Waals surface area contributed by atoms with Gasteiger partial charge in [-0.1, -0.05) is 12.1 Å². The highest BCUT2D eigenvalue weighted by Crippen LogP contribution is 2.39. The standard InChI is InChI=1S/C23H21N5OS/c30-23-26-21(19-9-2-4-12-25-19)22(28(23)15-17-7-1-3-11-24-17)20-10-5-13-27(20)16-18-8-6-14-29-18/h1-14,21-22H,15-16H2,(H,26,30). The summed E-state index contributed by atoms with van der Waals surface area (Å²) >= 11 is 5.76. The maximum Gasteiger partial charge on any atom is 0.170 e. The molecule has 4 aromatic rings. The monoisotopic (exact) mass is 415 g/mol. The molecular formula is C23H21N5OS. The minimum Gasteiger partial charge on any atom is -0.467 e. The number of furan rings is 1. The first-order valence-corrected chi connectivity index (χ1v) is 10.3. The molecule has 2 atom stereocenters. The van der Waals surface area contributed by atoms with Crippen molar-refractivity contribution in [3.05, 3.63) is 108 Å². The fourth-order valence-electron chi connectivity index (χ4n) is 3.97.